The van der Waals surface area contributed by atoms with E-state index in [-0.39, 0.29) is 22.9 Å². The Kier molecular flexibility index (Phi) is 4.12. The summed E-state index contributed by atoms with van der Waals surface area (Å²) in [7, 11) is 0. The van der Waals surface area contributed by atoms with Crippen molar-refractivity contribution in [1.82, 2.24) is 0 Å². The molecular formula is C9H10N2O4S. The molecular weight excluding hydrogens is 232 g/mol. The number of nitro benzene ring substituents is 1. The molecule has 1 amide bonds. The predicted molar refractivity (Wildman–Crippen MR) is 61.8 cm³/mol. The molecule has 6 nitrogen and oxygen atoms in total. The second-order valence-corrected chi connectivity index (χ2v) is 3.78. The molecule has 86 valence electrons. The third-order valence-electron chi connectivity index (χ3n) is 1.76. The average Bonchev–Trinajstić information content (AvgIpc) is 2.21. The Balaban J connectivity index is 3.01. The zero-order valence-electron chi connectivity index (χ0n) is 8.47. The number of hydrogen-bond donors (Lipinski definition) is 2. The third-order valence-corrected chi connectivity index (χ3v) is 2.31. The fourth-order valence-electron chi connectivity index (χ4n) is 1.12. The van der Waals surface area contributed by atoms with Gasteiger partial charge in [-0.1, -0.05) is 6.07 Å². The molecule has 0 aromatic heterocycles. The maximum Gasteiger partial charge on any atom is 0.296 e. The van der Waals surface area contributed by atoms with Gasteiger partial charge < -0.3 is 10.4 Å². The molecule has 0 atom stereocenters. The number of para-hydroxylation sites is 1. The van der Waals surface area contributed by atoms with Crippen molar-refractivity contribution in [2.45, 2.75) is 0 Å². The largest absolute Gasteiger partial charge is 0.505 e. The summed E-state index contributed by atoms with van der Waals surface area (Å²) < 4.78 is 0. The molecule has 0 saturated heterocycles. The van der Waals surface area contributed by atoms with Crippen LogP contribution in [0.5, 0.6) is 5.75 Å². The molecule has 1 aromatic carbocycles. The maximum absolute atomic E-state index is 11.3. The maximum atomic E-state index is 11.3. The first-order valence-electron chi connectivity index (χ1n) is 4.31. The van der Waals surface area contributed by atoms with Crippen molar-refractivity contribution in [2.75, 3.05) is 17.3 Å². The minimum atomic E-state index is -0.658. The predicted octanol–water partition coefficient (Wildman–Crippen LogP) is 1.60. The van der Waals surface area contributed by atoms with Gasteiger partial charge in [-0.15, -0.1) is 0 Å². The number of anilines is 1. The molecule has 0 aliphatic carbocycles. The summed E-state index contributed by atoms with van der Waals surface area (Å²) in [5.74, 6) is -0.536. The van der Waals surface area contributed by atoms with Crippen LogP contribution in [0.15, 0.2) is 18.2 Å². The van der Waals surface area contributed by atoms with Crippen LogP contribution in [0.2, 0.25) is 0 Å². The number of thioether (sulfide) groups is 1. The van der Waals surface area contributed by atoms with Crippen LogP contribution in [-0.2, 0) is 4.79 Å². The van der Waals surface area contributed by atoms with E-state index in [1.165, 1.54) is 30.0 Å². The second kappa shape index (κ2) is 5.36. The van der Waals surface area contributed by atoms with Crippen LogP contribution >= 0.6 is 11.8 Å². The van der Waals surface area contributed by atoms with Crippen molar-refractivity contribution < 1.29 is 14.8 Å². The number of nitrogens with one attached hydrogen (secondary N) is 1. The van der Waals surface area contributed by atoms with Crippen LogP contribution in [0.1, 0.15) is 0 Å². The second-order valence-electron chi connectivity index (χ2n) is 2.91. The number of aromatic hydroxyl groups is 1. The van der Waals surface area contributed by atoms with Crippen molar-refractivity contribution in [2.24, 2.45) is 0 Å². The van der Waals surface area contributed by atoms with Gasteiger partial charge in [-0.3, -0.25) is 14.9 Å². The van der Waals surface area contributed by atoms with E-state index in [1.807, 2.05) is 0 Å². The molecule has 0 aliphatic heterocycles. The lowest BCUT2D eigenvalue weighted by molar-refractivity contribution is -0.384. The zero-order valence-corrected chi connectivity index (χ0v) is 9.28. The molecule has 16 heavy (non-hydrogen) atoms. The molecule has 1 aromatic rings. The summed E-state index contributed by atoms with van der Waals surface area (Å²) in [5.41, 5.74) is -0.485. The number of nitro groups is 1. The lowest BCUT2D eigenvalue weighted by Gasteiger charge is -2.06. The smallest absolute Gasteiger partial charge is 0.296 e. The fourth-order valence-corrected chi connectivity index (χ4v) is 1.45. The van der Waals surface area contributed by atoms with Crippen molar-refractivity contribution in [3.63, 3.8) is 0 Å². The normalized spacial score (nSPS) is 9.81. The molecule has 0 spiro atoms. The Morgan fingerprint density at radius 3 is 2.88 bits per heavy atom. The Labute approximate surface area is 95.8 Å². The van der Waals surface area contributed by atoms with Crippen LogP contribution in [0.3, 0.4) is 0 Å². The minimum Gasteiger partial charge on any atom is -0.505 e. The van der Waals surface area contributed by atoms with E-state index in [0.717, 1.165) is 0 Å². The monoisotopic (exact) mass is 242 g/mol. The Bertz CT molecular complexity index is 422. The van der Waals surface area contributed by atoms with Gasteiger partial charge in [-0.2, -0.15) is 11.8 Å². The highest BCUT2D eigenvalue weighted by Gasteiger charge is 2.18. The first-order chi connectivity index (χ1) is 7.56. The average molecular weight is 242 g/mol. The number of carbonyl (C=O) groups excluding carboxylic acids is 1. The van der Waals surface area contributed by atoms with Crippen molar-refractivity contribution in [3.8, 4) is 5.75 Å². The standard InChI is InChI=1S/C9H10N2O4S/c1-16-5-8(13)10-9-6(11(14)15)3-2-4-7(9)12/h2-4,12H,5H2,1H3,(H,10,13). The van der Waals surface area contributed by atoms with Crippen LogP contribution in [0, 0.1) is 10.1 Å². The van der Waals surface area contributed by atoms with Crippen LogP contribution in [-0.4, -0.2) is 27.9 Å². The molecule has 7 heteroatoms. The molecule has 1 rings (SSSR count). The number of nitrogens with zero attached hydrogens (tertiary/aromatic N) is 1. The van der Waals surface area contributed by atoms with Gasteiger partial charge in [-0.05, 0) is 12.3 Å². The Hall–Kier alpha value is -1.76. The summed E-state index contributed by atoms with van der Waals surface area (Å²) in [6.45, 7) is 0. The molecule has 0 aliphatic rings. The number of phenols is 1. The lowest BCUT2D eigenvalue weighted by Crippen LogP contribution is -2.15. The molecule has 2 N–H and O–H groups in total. The molecule has 0 bridgehead atoms. The van der Waals surface area contributed by atoms with Crippen molar-refractivity contribution in [1.29, 1.82) is 0 Å². The summed E-state index contributed by atoms with van der Waals surface area (Å²) in [4.78, 5) is 21.3. The van der Waals surface area contributed by atoms with Crippen LogP contribution in [0.25, 0.3) is 0 Å². The lowest BCUT2D eigenvalue weighted by atomic mass is 10.2. The number of hydrogen-bond acceptors (Lipinski definition) is 5. The minimum absolute atomic E-state index is 0.161. The van der Waals surface area contributed by atoms with Gasteiger partial charge in [0.25, 0.3) is 5.69 Å². The summed E-state index contributed by atoms with van der Waals surface area (Å²) in [6.07, 6.45) is 1.73. The SMILES string of the molecule is CSCC(=O)Nc1c(O)cccc1[N+](=O)[O-]. The van der Waals surface area contributed by atoms with Crippen molar-refractivity contribution in [3.05, 3.63) is 28.3 Å². The fraction of sp³-hybridized carbons (Fsp3) is 0.222. The first kappa shape index (κ1) is 12.3. The number of phenolic OH excluding ortho intramolecular Hbond substituents is 1. The van der Waals surface area contributed by atoms with E-state index < -0.39 is 10.8 Å². The van der Waals surface area contributed by atoms with E-state index >= 15 is 0 Å². The summed E-state index contributed by atoms with van der Waals surface area (Å²) >= 11 is 1.29. The quantitative estimate of drug-likeness (QED) is 0.475. The van der Waals surface area contributed by atoms with Gasteiger partial charge in [0.1, 0.15) is 5.75 Å². The van der Waals surface area contributed by atoms with E-state index in [0.29, 0.717) is 0 Å². The Morgan fingerprint density at radius 1 is 1.62 bits per heavy atom. The van der Waals surface area contributed by atoms with Crippen LogP contribution < -0.4 is 5.32 Å². The number of carbonyl (C=O) groups is 1. The number of rotatable bonds is 4. The highest BCUT2D eigenvalue weighted by molar-refractivity contribution is 7.99. The highest BCUT2D eigenvalue weighted by atomic mass is 32.2. The van der Waals surface area contributed by atoms with Gasteiger partial charge >= 0.3 is 0 Å². The topological polar surface area (TPSA) is 92.5 Å². The van der Waals surface area contributed by atoms with E-state index in [1.54, 1.807) is 6.26 Å². The molecule has 0 heterocycles. The summed E-state index contributed by atoms with van der Waals surface area (Å²) in [5, 5.41) is 22.4. The zero-order chi connectivity index (χ0) is 12.1. The summed E-state index contributed by atoms with van der Waals surface area (Å²) in [6, 6.07) is 3.84. The van der Waals surface area contributed by atoms with Crippen LogP contribution in [0.4, 0.5) is 11.4 Å². The molecule has 0 radical (unpaired) electrons. The van der Waals surface area contributed by atoms with Gasteiger partial charge in [-0.25, -0.2) is 0 Å². The van der Waals surface area contributed by atoms with E-state index in [4.69, 9.17) is 0 Å². The molecule has 0 fully saturated rings. The number of amides is 1. The van der Waals surface area contributed by atoms with E-state index in [2.05, 4.69) is 5.32 Å². The van der Waals surface area contributed by atoms with Crippen molar-refractivity contribution >= 4 is 29.0 Å². The molecule has 0 saturated carbocycles. The van der Waals surface area contributed by atoms with Gasteiger partial charge in [0, 0.05) is 6.07 Å². The molecule has 0 unspecified atom stereocenters. The van der Waals surface area contributed by atoms with Gasteiger partial charge in [0.2, 0.25) is 5.91 Å². The van der Waals surface area contributed by atoms with Gasteiger partial charge in [0.05, 0.1) is 10.7 Å². The number of benzene rings is 1. The van der Waals surface area contributed by atoms with Gasteiger partial charge in [0.15, 0.2) is 5.69 Å². The first-order valence-corrected chi connectivity index (χ1v) is 5.70. The van der Waals surface area contributed by atoms with E-state index in [9.17, 15) is 20.0 Å². The Morgan fingerprint density at radius 2 is 2.31 bits per heavy atom. The highest BCUT2D eigenvalue weighted by Crippen LogP contribution is 2.32. The third kappa shape index (κ3) is 2.86.